The number of likely N-dealkylation sites (tertiary alicyclic amines) is 1. The number of amides is 1. The summed E-state index contributed by atoms with van der Waals surface area (Å²) in [6.07, 6.45) is 5.26. The van der Waals surface area contributed by atoms with Gasteiger partial charge in [0.2, 0.25) is 0 Å². The number of carbonyl (C=O) groups is 1. The number of halogens is 2. The van der Waals surface area contributed by atoms with Crippen LogP contribution < -0.4 is 16.2 Å². The van der Waals surface area contributed by atoms with Crippen molar-refractivity contribution in [3.05, 3.63) is 99.6 Å². The number of nitrogens with one attached hydrogen (secondary N) is 2. The molecule has 9 nitrogen and oxygen atoms in total. The zero-order valence-corrected chi connectivity index (χ0v) is 22.8. The number of fused-ring (bicyclic) bond motifs is 1. The number of aromatic nitrogens is 3. The summed E-state index contributed by atoms with van der Waals surface area (Å²) in [5.41, 5.74) is 2.08. The number of piperidine rings is 1. The number of benzene rings is 2. The lowest BCUT2D eigenvalue weighted by atomic mass is 10.1. The first-order valence-electron chi connectivity index (χ1n) is 13.5. The monoisotopic (exact) mass is 562 g/mol. The Bertz CT molecular complexity index is 1590. The van der Waals surface area contributed by atoms with Crippen LogP contribution in [0.4, 0.5) is 14.6 Å². The molecule has 1 aliphatic heterocycles. The highest BCUT2D eigenvalue weighted by molar-refractivity contribution is 5.93. The van der Waals surface area contributed by atoms with Crippen LogP contribution in [0.15, 0.2) is 65.7 Å². The number of carbonyl (C=O) groups excluding carboxylic acids is 1. The SMILES string of the molecule is COCCN1CCC(Nc2cnc3ccc(CNC(=O)c4cccn(Cc5ccc(F)c(F)c5)c4=O)cc3n2)CC1. The Kier molecular flexibility index (Phi) is 8.95. The average Bonchev–Trinajstić information content (AvgIpc) is 2.98. The average molecular weight is 563 g/mol. The molecular weight excluding hydrogens is 530 g/mol. The van der Waals surface area contributed by atoms with Crippen LogP contribution in [0.2, 0.25) is 0 Å². The molecule has 1 fully saturated rings. The molecule has 0 radical (unpaired) electrons. The van der Waals surface area contributed by atoms with E-state index in [2.05, 4.69) is 20.5 Å². The summed E-state index contributed by atoms with van der Waals surface area (Å²) in [6, 6.07) is 12.3. The van der Waals surface area contributed by atoms with Gasteiger partial charge in [-0.1, -0.05) is 12.1 Å². The molecule has 1 aliphatic rings. The van der Waals surface area contributed by atoms with Gasteiger partial charge in [-0.3, -0.25) is 14.6 Å². The summed E-state index contributed by atoms with van der Waals surface area (Å²) >= 11 is 0. The van der Waals surface area contributed by atoms with E-state index in [4.69, 9.17) is 9.72 Å². The maximum atomic E-state index is 13.6. The van der Waals surface area contributed by atoms with Crippen LogP contribution in [0.3, 0.4) is 0 Å². The molecule has 41 heavy (non-hydrogen) atoms. The molecule has 0 atom stereocenters. The largest absolute Gasteiger partial charge is 0.383 e. The van der Waals surface area contributed by atoms with Crippen molar-refractivity contribution < 1.29 is 18.3 Å². The fourth-order valence-electron chi connectivity index (χ4n) is 4.91. The minimum atomic E-state index is -0.994. The smallest absolute Gasteiger partial charge is 0.263 e. The van der Waals surface area contributed by atoms with Gasteiger partial charge in [-0.2, -0.15) is 0 Å². The van der Waals surface area contributed by atoms with Crippen molar-refractivity contribution in [2.45, 2.75) is 32.0 Å². The third-order valence-corrected chi connectivity index (χ3v) is 7.21. The third kappa shape index (κ3) is 7.11. The predicted molar refractivity (Wildman–Crippen MR) is 152 cm³/mol. The van der Waals surface area contributed by atoms with Gasteiger partial charge in [-0.25, -0.2) is 13.8 Å². The second-order valence-electron chi connectivity index (χ2n) is 10.1. The van der Waals surface area contributed by atoms with Crippen LogP contribution in [0, 0.1) is 11.6 Å². The van der Waals surface area contributed by atoms with Crippen molar-refractivity contribution in [3.63, 3.8) is 0 Å². The van der Waals surface area contributed by atoms with Crippen molar-refractivity contribution in [2.75, 3.05) is 38.7 Å². The van der Waals surface area contributed by atoms with Gasteiger partial charge in [0.05, 0.1) is 30.4 Å². The summed E-state index contributed by atoms with van der Waals surface area (Å²) in [6.45, 7) is 3.87. The normalized spacial score (nSPS) is 14.3. The van der Waals surface area contributed by atoms with Gasteiger partial charge in [-0.05, 0) is 60.4 Å². The Labute approximate surface area is 236 Å². The van der Waals surface area contributed by atoms with Gasteiger partial charge in [0.15, 0.2) is 11.6 Å². The standard InChI is InChI=1S/C30H32F2N6O3/c1-41-14-13-37-11-8-22(9-12-37)35-28-18-33-26-7-5-20(16-27(26)36-28)17-34-29(39)23-3-2-10-38(30(23)40)19-21-4-6-24(31)25(32)15-21/h2-7,10,15-16,18,22H,8-9,11-14,17,19H2,1H3,(H,34,39)(H,35,36). The zero-order chi connectivity index (χ0) is 28.8. The number of ether oxygens (including phenoxy) is 1. The second-order valence-corrected chi connectivity index (χ2v) is 10.1. The molecule has 4 aromatic rings. The molecule has 0 spiro atoms. The lowest BCUT2D eigenvalue weighted by Crippen LogP contribution is -2.40. The summed E-state index contributed by atoms with van der Waals surface area (Å²) in [7, 11) is 1.72. The Morgan fingerprint density at radius 1 is 1.05 bits per heavy atom. The number of nitrogens with zero attached hydrogens (tertiary/aromatic N) is 4. The lowest BCUT2D eigenvalue weighted by molar-refractivity contribution is 0.0948. The van der Waals surface area contributed by atoms with E-state index in [1.54, 1.807) is 19.4 Å². The van der Waals surface area contributed by atoms with Gasteiger partial charge in [0, 0.05) is 45.5 Å². The molecule has 214 valence electrons. The van der Waals surface area contributed by atoms with Crippen molar-refractivity contribution in [3.8, 4) is 0 Å². The summed E-state index contributed by atoms with van der Waals surface area (Å²) in [4.78, 5) is 37.5. The van der Waals surface area contributed by atoms with E-state index in [0.29, 0.717) is 22.9 Å². The molecule has 2 N–H and O–H groups in total. The van der Waals surface area contributed by atoms with Crippen LogP contribution in [0.25, 0.3) is 11.0 Å². The molecule has 1 amide bonds. The number of hydrogen-bond donors (Lipinski definition) is 2. The molecule has 11 heteroatoms. The molecule has 0 unspecified atom stereocenters. The Morgan fingerprint density at radius 2 is 1.85 bits per heavy atom. The second kappa shape index (κ2) is 13.0. The Morgan fingerprint density at radius 3 is 2.63 bits per heavy atom. The van der Waals surface area contributed by atoms with Gasteiger partial charge in [0.25, 0.3) is 11.5 Å². The quantitative estimate of drug-likeness (QED) is 0.305. The highest BCUT2D eigenvalue weighted by Gasteiger charge is 2.19. The fraction of sp³-hybridized carbons (Fsp3) is 0.333. The number of rotatable bonds is 10. The van der Waals surface area contributed by atoms with Crippen molar-refractivity contribution in [1.82, 2.24) is 24.8 Å². The number of pyridine rings is 1. The molecule has 0 saturated carbocycles. The Balaban J connectivity index is 1.21. The summed E-state index contributed by atoms with van der Waals surface area (Å²) < 4.78 is 33.3. The van der Waals surface area contributed by atoms with E-state index in [9.17, 15) is 18.4 Å². The molecule has 3 heterocycles. The van der Waals surface area contributed by atoms with Crippen LogP contribution in [0.1, 0.15) is 34.3 Å². The van der Waals surface area contributed by atoms with E-state index in [1.807, 2.05) is 18.2 Å². The van der Waals surface area contributed by atoms with Gasteiger partial charge >= 0.3 is 0 Å². The number of methoxy groups -OCH3 is 1. The molecule has 0 aliphatic carbocycles. The highest BCUT2D eigenvalue weighted by atomic mass is 19.2. The van der Waals surface area contributed by atoms with Crippen LogP contribution in [-0.2, 0) is 17.8 Å². The minimum Gasteiger partial charge on any atom is -0.383 e. The van der Waals surface area contributed by atoms with Gasteiger partial charge < -0.3 is 24.8 Å². The first-order valence-corrected chi connectivity index (χ1v) is 13.5. The van der Waals surface area contributed by atoms with E-state index < -0.39 is 23.1 Å². The number of anilines is 1. The van der Waals surface area contributed by atoms with Crippen molar-refractivity contribution in [2.24, 2.45) is 0 Å². The highest BCUT2D eigenvalue weighted by Crippen LogP contribution is 2.18. The molecular formula is C30H32F2N6O3. The molecule has 1 saturated heterocycles. The van der Waals surface area contributed by atoms with E-state index >= 15 is 0 Å². The fourth-order valence-corrected chi connectivity index (χ4v) is 4.91. The first kappa shape index (κ1) is 28.3. The summed E-state index contributed by atoms with van der Waals surface area (Å²) in [5.74, 6) is -1.78. The predicted octanol–water partition coefficient (Wildman–Crippen LogP) is 3.57. The summed E-state index contributed by atoms with van der Waals surface area (Å²) in [5, 5.41) is 6.29. The molecule has 0 bridgehead atoms. The van der Waals surface area contributed by atoms with E-state index in [1.165, 1.54) is 22.9 Å². The maximum absolute atomic E-state index is 13.6. The maximum Gasteiger partial charge on any atom is 0.263 e. The third-order valence-electron chi connectivity index (χ3n) is 7.21. The van der Waals surface area contributed by atoms with Crippen molar-refractivity contribution in [1.29, 1.82) is 0 Å². The van der Waals surface area contributed by atoms with Gasteiger partial charge in [-0.15, -0.1) is 0 Å². The Hall–Kier alpha value is -4.22. The lowest BCUT2D eigenvalue weighted by Gasteiger charge is -2.32. The molecule has 2 aromatic heterocycles. The van der Waals surface area contributed by atoms with E-state index in [0.717, 1.165) is 62.3 Å². The zero-order valence-electron chi connectivity index (χ0n) is 22.8. The minimum absolute atomic E-state index is 0.00377. The van der Waals surface area contributed by atoms with Crippen LogP contribution in [0.5, 0.6) is 0 Å². The van der Waals surface area contributed by atoms with Crippen LogP contribution in [-0.4, -0.2) is 64.7 Å². The molecule has 2 aromatic carbocycles. The van der Waals surface area contributed by atoms with E-state index in [-0.39, 0.29) is 18.7 Å². The number of hydrogen-bond acceptors (Lipinski definition) is 7. The van der Waals surface area contributed by atoms with Crippen LogP contribution >= 0.6 is 0 Å². The van der Waals surface area contributed by atoms with Crippen molar-refractivity contribution >= 4 is 22.8 Å². The topological polar surface area (TPSA) is 101 Å². The van der Waals surface area contributed by atoms with Gasteiger partial charge in [0.1, 0.15) is 11.4 Å². The molecule has 5 rings (SSSR count). The first-order chi connectivity index (χ1) is 19.9.